The predicted octanol–water partition coefficient (Wildman–Crippen LogP) is 1.63. The number of morpholine rings is 1. The van der Waals surface area contributed by atoms with Crippen molar-refractivity contribution in [3.8, 4) is 0 Å². The summed E-state index contributed by atoms with van der Waals surface area (Å²) in [4.78, 5) is 2.63. The van der Waals surface area contributed by atoms with Crippen LogP contribution < -0.4 is 5.73 Å². The predicted molar refractivity (Wildman–Crippen MR) is 77.2 cm³/mol. The highest BCUT2D eigenvalue weighted by Gasteiger charge is 2.44. The zero-order valence-electron chi connectivity index (χ0n) is 12.7. The van der Waals surface area contributed by atoms with Crippen LogP contribution in [0.4, 0.5) is 0 Å². The number of hydrogen-bond donors (Lipinski definition) is 1. The van der Waals surface area contributed by atoms with Crippen LogP contribution in [0.3, 0.4) is 0 Å². The molecule has 2 rings (SSSR count). The summed E-state index contributed by atoms with van der Waals surface area (Å²) >= 11 is 0. The van der Waals surface area contributed by atoms with Gasteiger partial charge in [0.25, 0.3) is 0 Å². The first-order valence-corrected chi connectivity index (χ1v) is 7.79. The molecule has 2 N–H and O–H groups in total. The Bertz CT molecular complexity index is 285. The lowest BCUT2D eigenvalue weighted by molar-refractivity contribution is -0.128. The van der Waals surface area contributed by atoms with Crippen LogP contribution in [0.25, 0.3) is 0 Å². The van der Waals surface area contributed by atoms with Gasteiger partial charge in [-0.2, -0.15) is 0 Å². The molecule has 2 aliphatic rings. The molecule has 4 heteroatoms. The fourth-order valence-electron chi connectivity index (χ4n) is 3.54. The summed E-state index contributed by atoms with van der Waals surface area (Å²) in [5.74, 6) is 0.562. The van der Waals surface area contributed by atoms with Crippen molar-refractivity contribution in [2.75, 3.05) is 32.9 Å². The van der Waals surface area contributed by atoms with E-state index in [-0.39, 0.29) is 5.54 Å². The summed E-state index contributed by atoms with van der Waals surface area (Å²) in [6, 6.07) is 0.517. The van der Waals surface area contributed by atoms with Gasteiger partial charge in [-0.05, 0) is 25.2 Å². The van der Waals surface area contributed by atoms with E-state index in [1.165, 1.54) is 0 Å². The lowest BCUT2D eigenvalue weighted by Gasteiger charge is -2.53. The first-order valence-electron chi connectivity index (χ1n) is 7.79. The largest absolute Gasteiger partial charge is 0.378 e. The molecule has 2 fully saturated rings. The van der Waals surface area contributed by atoms with Gasteiger partial charge in [0.1, 0.15) is 0 Å². The molecular formula is C15H30N2O2. The second-order valence-corrected chi connectivity index (χ2v) is 6.37. The van der Waals surface area contributed by atoms with Crippen LogP contribution in [0.1, 0.15) is 40.0 Å². The number of nitrogens with zero attached hydrogens (tertiary/aromatic N) is 1. The van der Waals surface area contributed by atoms with Gasteiger partial charge >= 0.3 is 0 Å². The van der Waals surface area contributed by atoms with E-state index in [0.29, 0.717) is 18.1 Å². The fraction of sp³-hybridized carbons (Fsp3) is 1.00. The third-order valence-electron chi connectivity index (χ3n) is 4.91. The van der Waals surface area contributed by atoms with E-state index in [9.17, 15) is 0 Å². The smallest absolute Gasteiger partial charge is 0.0622 e. The Morgan fingerprint density at radius 1 is 1.37 bits per heavy atom. The van der Waals surface area contributed by atoms with Crippen LogP contribution in [0, 0.1) is 5.92 Å². The number of nitrogens with two attached hydrogens (primary N) is 1. The van der Waals surface area contributed by atoms with E-state index in [2.05, 4.69) is 25.7 Å². The molecule has 19 heavy (non-hydrogen) atoms. The fourth-order valence-corrected chi connectivity index (χ4v) is 3.54. The maximum Gasteiger partial charge on any atom is 0.0622 e. The maximum atomic E-state index is 6.21. The lowest BCUT2D eigenvalue weighted by atomic mass is 9.80. The van der Waals surface area contributed by atoms with Gasteiger partial charge in [-0.1, -0.05) is 20.8 Å². The molecule has 3 unspecified atom stereocenters. The van der Waals surface area contributed by atoms with Crippen molar-refractivity contribution < 1.29 is 9.47 Å². The second-order valence-electron chi connectivity index (χ2n) is 6.37. The average molecular weight is 270 g/mol. The van der Waals surface area contributed by atoms with Crippen LogP contribution in [0.5, 0.6) is 0 Å². The van der Waals surface area contributed by atoms with E-state index in [0.717, 1.165) is 52.2 Å². The van der Waals surface area contributed by atoms with Crippen molar-refractivity contribution in [3.63, 3.8) is 0 Å². The zero-order valence-corrected chi connectivity index (χ0v) is 12.7. The standard InChI is InChI=1S/C15H30N2O2/c1-4-13-10-18-8-6-17(13)15(11-16)5-7-19-14(9-15)12(2)3/h12-14H,4-11,16H2,1-3H3. The molecule has 0 radical (unpaired) electrons. The molecule has 0 aliphatic carbocycles. The van der Waals surface area contributed by atoms with Crippen molar-refractivity contribution in [1.29, 1.82) is 0 Å². The topological polar surface area (TPSA) is 47.7 Å². The van der Waals surface area contributed by atoms with E-state index in [1.54, 1.807) is 0 Å². The van der Waals surface area contributed by atoms with Crippen molar-refractivity contribution >= 4 is 0 Å². The van der Waals surface area contributed by atoms with Crippen LogP contribution in [-0.4, -0.2) is 55.5 Å². The minimum Gasteiger partial charge on any atom is -0.378 e. The Labute approximate surface area is 117 Å². The minimum absolute atomic E-state index is 0.123. The highest BCUT2D eigenvalue weighted by molar-refractivity contribution is 5.00. The first-order chi connectivity index (χ1) is 9.13. The van der Waals surface area contributed by atoms with E-state index < -0.39 is 0 Å². The molecule has 0 aromatic carbocycles. The van der Waals surface area contributed by atoms with Crippen molar-refractivity contribution in [3.05, 3.63) is 0 Å². The SMILES string of the molecule is CCC1COCCN1C1(CN)CCOC(C(C)C)C1. The summed E-state index contributed by atoms with van der Waals surface area (Å²) < 4.78 is 11.6. The number of ether oxygens (including phenoxy) is 2. The van der Waals surface area contributed by atoms with Crippen LogP contribution in [0.15, 0.2) is 0 Å². The van der Waals surface area contributed by atoms with Gasteiger partial charge in [-0.15, -0.1) is 0 Å². The summed E-state index contributed by atoms with van der Waals surface area (Å²) in [7, 11) is 0. The molecule has 0 aromatic rings. The maximum absolute atomic E-state index is 6.21. The highest BCUT2D eigenvalue weighted by atomic mass is 16.5. The van der Waals surface area contributed by atoms with Gasteiger partial charge in [-0.3, -0.25) is 4.90 Å². The van der Waals surface area contributed by atoms with Crippen molar-refractivity contribution in [2.45, 2.75) is 57.7 Å². The number of hydrogen-bond acceptors (Lipinski definition) is 4. The Morgan fingerprint density at radius 3 is 2.79 bits per heavy atom. The molecule has 4 nitrogen and oxygen atoms in total. The lowest BCUT2D eigenvalue weighted by Crippen LogP contribution is -2.64. The third kappa shape index (κ3) is 3.13. The zero-order chi connectivity index (χ0) is 13.9. The highest BCUT2D eigenvalue weighted by Crippen LogP contribution is 2.35. The van der Waals surface area contributed by atoms with Crippen LogP contribution in [0.2, 0.25) is 0 Å². The van der Waals surface area contributed by atoms with Crippen molar-refractivity contribution in [1.82, 2.24) is 4.90 Å². The van der Waals surface area contributed by atoms with E-state index in [1.807, 2.05) is 0 Å². The second kappa shape index (κ2) is 6.53. The van der Waals surface area contributed by atoms with E-state index >= 15 is 0 Å². The Morgan fingerprint density at radius 2 is 2.16 bits per heavy atom. The molecule has 112 valence electrons. The van der Waals surface area contributed by atoms with Gasteiger partial charge in [0.15, 0.2) is 0 Å². The average Bonchev–Trinajstić information content (AvgIpc) is 2.47. The molecule has 0 aromatic heterocycles. The summed E-state index contributed by atoms with van der Waals surface area (Å²) in [5.41, 5.74) is 6.33. The third-order valence-corrected chi connectivity index (χ3v) is 4.91. The van der Waals surface area contributed by atoms with Gasteiger partial charge in [-0.25, -0.2) is 0 Å². The molecule has 0 saturated carbocycles. The Hall–Kier alpha value is -0.160. The van der Waals surface area contributed by atoms with Crippen LogP contribution in [-0.2, 0) is 9.47 Å². The normalized spacial score (nSPS) is 37.7. The van der Waals surface area contributed by atoms with Gasteiger partial charge < -0.3 is 15.2 Å². The molecule has 0 amide bonds. The first kappa shape index (κ1) is 15.2. The minimum atomic E-state index is 0.123. The molecular weight excluding hydrogens is 240 g/mol. The van der Waals surface area contributed by atoms with Gasteiger partial charge in [0, 0.05) is 31.3 Å². The number of rotatable bonds is 4. The summed E-state index contributed by atoms with van der Waals surface area (Å²) in [6.45, 7) is 11.0. The Balaban J connectivity index is 2.15. The Kier molecular flexibility index (Phi) is 5.23. The van der Waals surface area contributed by atoms with Crippen LogP contribution >= 0.6 is 0 Å². The monoisotopic (exact) mass is 270 g/mol. The summed E-state index contributed by atoms with van der Waals surface area (Å²) in [6.07, 6.45) is 3.60. The quantitative estimate of drug-likeness (QED) is 0.843. The summed E-state index contributed by atoms with van der Waals surface area (Å²) in [5, 5.41) is 0. The van der Waals surface area contributed by atoms with Gasteiger partial charge in [0.2, 0.25) is 0 Å². The van der Waals surface area contributed by atoms with Gasteiger partial charge in [0.05, 0.1) is 19.3 Å². The molecule has 0 bridgehead atoms. The molecule has 0 spiro atoms. The van der Waals surface area contributed by atoms with Crippen molar-refractivity contribution in [2.24, 2.45) is 11.7 Å². The molecule has 3 atom stereocenters. The van der Waals surface area contributed by atoms with E-state index in [4.69, 9.17) is 15.2 Å². The molecule has 2 saturated heterocycles. The molecule has 2 heterocycles. The molecule has 2 aliphatic heterocycles.